The molecule has 86 valence electrons. The molecule has 4 N–H and O–H groups in total. The number of hydrogen-bond donors (Lipinski definition) is 2. The van der Waals surface area contributed by atoms with E-state index in [-0.39, 0.29) is 23.7 Å². The fourth-order valence-electron chi connectivity index (χ4n) is 1.80. The summed E-state index contributed by atoms with van der Waals surface area (Å²) in [6.45, 7) is 3.44. The molecule has 0 aromatic rings. The Morgan fingerprint density at radius 2 is 1.93 bits per heavy atom. The second-order valence-electron chi connectivity index (χ2n) is 4.14. The monoisotopic (exact) mass is 213 g/mol. The van der Waals surface area contributed by atoms with Gasteiger partial charge in [-0.15, -0.1) is 0 Å². The van der Waals surface area contributed by atoms with E-state index < -0.39 is 0 Å². The number of piperidine rings is 1. The number of carbonyl (C=O) groups is 2. The number of amides is 2. The van der Waals surface area contributed by atoms with Crippen LogP contribution in [0.4, 0.5) is 0 Å². The largest absolute Gasteiger partial charge is 0.369 e. The molecule has 1 heterocycles. The van der Waals surface area contributed by atoms with Crippen LogP contribution in [0.1, 0.15) is 19.8 Å². The van der Waals surface area contributed by atoms with Crippen molar-refractivity contribution < 1.29 is 9.59 Å². The third-order valence-electron chi connectivity index (χ3n) is 2.98. The van der Waals surface area contributed by atoms with Crippen LogP contribution < -0.4 is 11.5 Å². The lowest BCUT2D eigenvalue weighted by atomic mass is 9.95. The smallest absolute Gasteiger partial charge is 0.226 e. The van der Waals surface area contributed by atoms with Crippen LogP contribution in [0, 0.1) is 11.8 Å². The average Bonchev–Trinajstić information content (AvgIpc) is 2.27. The quantitative estimate of drug-likeness (QED) is 0.650. The molecule has 0 aromatic heterocycles. The van der Waals surface area contributed by atoms with Gasteiger partial charge in [-0.2, -0.15) is 0 Å². The highest BCUT2D eigenvalue weighted by Crippen LogP contribution is 2.18. The molecule has 0 aromatic carbocycles. The summed E-state index contributed by atoms with van der Waals surface area (Å²) in [5.74, 6) is -0.369. The van der Waals surface area contributed by atoms with Gasteiger partial charge in [-0.1, -0.05) is 6.92 Å². The Balaban J connectivity index is 2.43. The zero-order chi connectivity index (χ0) is 11.4. The van der Waals surface area contributed by atoms with Crippen molar-refractivity contribution in [2.45, 2.75) is 19.8 Å². The van der Waals surface area contributed by atoms with Crippen LogP contribution in [0.15, 0.2) is 0 Å². The Hall–Kier alpha value is -1.10. The molecule has 0 saturated carbocycles. The molecular formula is C10H19N3O2. The van der Waals surface area contributed by atoms with Crippen molar-refractivity contribution in [3.63, 3.8) is 0 Å². The Labute approximate surface area is 89.8 Å². The molecule has 5 heteroatoms. The van der Waals surface area contributed by atoms with Crippen LogP contribution in [0.3, 0.4) is 0 Å². The second-order valence-corrected chi connectivity index (χ2v) is 4.14. The fourth-order valence-corrected chi connectivity index (χ4v) is 1.80. The Morgan fingerprint density at radius 3 is 2.33 bits per heavy atom. The van der Waals surface area contributed by atoms with Gasteiger partial charge in [0, 0.05) is 31.5 Å². The molecular weight excluding hydrogens is 194 g/mol. The lowest BCUT2D eigenvalue weighted by Crippen LogP contribution is -2.44. The van der Waals surface area contributed by atoms with Gasteiger partial charge in [0.2, 0.25) is 11.8 Å². The molecule has 1 unspecified atom stereocenters. The first-order valence-electron chi connectivity index (χ1n) is 5.34. The van der Waals surface area contributed by atoms with E-state index in [1.54, 1.807) is 4.90 Å². The topological polar surface area (TPSA) is 89.4 Å². The minimum atomic E-state index is -0.256. The highest BCUT2D eigenvalue weighted by atomic mass is 16.2. The molecule has 1 atom stereocenters. The number of primary amides is 1. The molecule has 1 fully saturated rings. The summed E-state index contributed by atoms with van der Waals surface area (Å²) in [6, 6.07) is 0. The third-order valence-corrected chi connectivity index (χ3v) is 2.98. The Kier molecular flexibility index (Phi) is 4.08. The minimum Gasteiger partial charge on any atom is -0.369 e. The van der Waals surface area contributed by atoms with E-state index in [9.17, 15) is 9.59 Å². The summed E-state index contributed by atoms with van der Waals surface area (Å²) in [4.78, 5) is 24.4. The molecule has 0 radical (unpaired) electrons. The SMILES string of the molecule is CC(CN)C(=O)N1CCC(C(N)=O)CC1. The van der Waals surface area contributed by atoms with Crippen molar-refractivity contribution in [3.8, 4) is 0 Å². The number of likely N-dealkylation sites (tertiary alicyclic amines) is 1. The second kappa shape index (κ2) is 5.11. The first-order chi connectivity index (χ1) is 7.06. The van der Waals surface area contributed by atoms with Gasteiger partial charge in [-0.05, 0) is 12.8 Å². The lowest BCUT2D eigenvalue weighted by molar-refractivity contribution is -0.137. The van der Waals surface area contributed by atoms with Crippen molar-refractivity contribution in [1.29, 1.82) is 0 Å². The number of hydrogen-bond acceptors (Lipinski definition) is 3. The van der Waals surface area contributed by atoms with Crippen molar-refractivity contribution in [2.75, 3.05) is 19.6 Å². The van der Waals surface area contributed by atoms with Crippen LogP contribution >= 0.6 is 0 Å². The van der Waals surface area contributed by atoms with Crippen molar-refractivity contribution in [2.24, 2.45) is 23.3 Å². The van der Waals surface area contributed by atoms with Gasteiger partial charge in [-0.3, -0.25) is 9.59 Å². The summed E-state index contributed by atoms with van der Waals surface area (Å²) in [6.07, 6.45) is 1.36. The Morgan fingerprint density at radius 1 is 1.40 bits per heavy atom. The van der Waals surface area contributed by atoms with E-state index in [1.807, 2.05) is 6.92 Å². The first-order valence-corrected chi connectivity index (χ1v) is 5.34. The van der Waals surface area contributed by atoms with E-state index >= 15 is 0 Å². The molecule has 15 heavy (non-hydrogen) atoms. The molecule has 0 bridgehead atoms. The number of carbonyl (C=O) groups excluding carboxylic acids is 2. The molecule has 0 aliphatic carbocycles. The lowest BCUT2D eigenvalue weighted by Gasteiger charge is -2.32. The van der Waals surface area contributed by atoms with Crippen LogP contribution in [0.5, 0.6) is 0 Å². The highest BCUT2D eigenvalue weighted by molar-refractivity contribution is 5.80. The van der Waals surface area contributed by atoms with Gasteiger partial charge in [0.15, 0.2) is 0 Å². The molecule has 1 rings (SSSR count). The predicted octanol–water partition coefficient (Wildman–Crippen LogP) is -0.695. The van der Waals surface area contributed by atoms with Crippen LogP contribution in [0.2, 0.25) is 0 Å². The predicted molar refractivity (Wildman–Crippen MR) is 56.7 cm³/mol. The number of rotatable bonds is 3. The molecule has 2 amide bonds. The summed E-state index contributed by atoms with van der Waals surface area (Å²) < 4.78 is 0. The molecule has 0 spiro atoms. The van der Waals surface area contributed by atoms with Gasteiger partial charge in [-0.25, -0.2) is 0 Å². The number of nitrogens with zero attached hydrogens (tertiary/aromatic N) is 1. The van der Waals surface area contributed by atoms with Gasteiger partial charge < -0.3 is 16.4 Å². The Bertz CT molecular complexity index is 247. The third kappa shape index (κ3) is 2.92. The van der Waals surface area contributed by atoms with Gasteiger partial charge in [0.05, 0.1) is 0 Å². The van der Waals surface area contributed by atoms with E-state index in [0.717, 1.165) is 0 Å². The van der Waals surface area contributed by atoms with E-state index in [1.165, 1.54) is 0 Å². The van der Waals surface area contributed by atoms with Crippen LogP contribution in [-0.4, -0.2) is 36.3 Å². The van der Waals surface area contributed by atoms with E-state index in [4.69, 9.17) is 11.5 Å². The zero-order valence-corrected chi connectivity index (χ0v) is 9.11. The number of nitrogens with two attached hydrogens (primary N) is 2. The standard InChI is InChI=1S/C10H19N3O2/c1-7(6-11)10(15)13-4-2-8(3-5-13)9(12)14/h7-8H,2-6,11H2,1H3,(H2,12,14). The maximum atomic E-state index is 11.7. The minimum absolute atomic E-state index is 0.0674. The highest BCUT2D eigenvalue weighted by Gasteiger charge is 2.27. The average molecular weight is 213 g/mol. The van der Waals surface area contributed by atoms with Crippen molar-refractivity contribution in [1.82, 2.24) is 4.90 Å². The summed E-state index contributed by atoms with van der Waals surface area (Å²) in [5, 5.41) is 0. The zero-order valence-electron chi connectivity index (χ0n) is 9.11. The molecule has 1 aliphatic heterocycles. The molecule has 5 nitrogen and oxygen atoms in total. The van der Waals surface area contributed by atoms with Crippen molar-refractivity contribution >= 4 is 11.8 Å². The van der Waals surface area contributed by atoms with Gasteiger partial charge in [0.25, 0.3) is 0 Å². The summed E-state index contributed by atoms with van der Waals surface area (Å²) in [5.41, 5.74) is 10.6. The molecule has 1 saturated heterocycles. The van der Waals surface area contributed by atoms with Gasteiger partial charge >= 0.3 is 0 Å². The normalized spacial score (nSPS) is 20.0. The summed E-state index contributed by atoms with van der Waals surface area (Å²) >= 11 is 0. The van der Waals surface area contributed by atoms with E-state index in [2.05, 4.69) is 0 Å². The van der Waals surface area contributed by atoms with Crippen LogP contribution in [-0.2, 0) is 9.59 Å². The van der Waals surface area contributed by atoms with Gasteiger partial charge in [0.1, 0.15) is 0 Å². The molecule has 1 aliphatic rings. The maximum absolute atomic E-state index is 11.7. The van der Waals surface area contributed by atoms with Crippen molar-refractivity contribution in [3.05, 3.63) is 0 Å². The summed E-state index contributed by atoms with van der Waals surface area (Å²) in [7, 11) is 0. The maximum Gasteiger partial charge on any atom is 0.226 e. The fraction of sp³-hybridized carbons (Fsp3) is 0.800. The van der Waals surface area contributed by atoms with Crippen LogP contribution in [0.25, 0.3) is 0 Å². The first kappa shape index (κ1) is 12.0. The van der Waals surface area contributed by atoms with E-state index in [0.29, 0.717) is 32.5 Å².